The molecule has 2 aromatic carbocycles. The van der Waals surface area contributed by atoms with E-state index in [1.54, 1.807) is 48.5 Å². The normalized spacial score (nSPS) is 11.6. The molecule has 0 saturated heterocycles. The molecule has 0 spiro atoms. The van der Waals surface area contributed by atoms with E-state index in [-0.39, 0.29) is 0 Å². The summed E-state index contributed by atoms with van der Waals surface area (Å²) in [7, 11) is -3.51. The fraction of sp³-hybridized carbons (Fsp3) is 0. The maximum Gasteiger partial charge on any atom is 0.207 e. The second kappa shape index (κ2) is 4.48. The Kier molecular flexibility index (Phi) is 2.80. The highest BCUT2D eigenvalue weighted by molar-refractivity contribution is 7.91. The zero-order valence-electron chi connectivity index (χ0n) is 10.0. The van der Waals surface area contributed by atoms with Crippen LogP contribution in [0.3, 0.4) is 0 Å². The van der Waals surface area contributed by atoms with Gasteiger partial charge in [-0.05, 0) is 24.3 Å². The van der Waals surface area contributed by atoms with Gasteiger partial charge in [0.25, 0.3) is 0 Å². The van der Waals surface area contributed by atoms with E-state index in [2.05, 4.69) is 4.98 Å². The van der Waals surface area contributed by atoms with Gasteiger partial charge in [0.05, 0.1) is 15.3 Å². The van der Waals surface area contributed by atoms with E-state index in [4.69, 9.17) is 0 Å². The molecule has 0 aliphatic carbocycles. The lowest BCUT2D eigenvalue weighted by molar-refractivity contribution is 0.597. The number of sulfone groups is 1. The average Bonchev–Trinajstić information content (AvgIpc) is 2.47. The summed E-state index contributed by atoms with van der Waals surface area (Å²) < 4.78 is 25.2. The first-order valence-electron chi connectivity index (χ1n) is 5.83. The van der Waals surface area contributed by atoms with E-state index in [1.165, 1.54) is 6.20 Å². The van der Waals surface area contributed by atoms with Gasteiger partial charge in [-0.25, -0.2) is 8.42 Å². The monoisotopic (exact) mass is 269 g/mol. The van der Waals surface area contributed by atoms with Gasteiger partial charge in [0.1, 0.15) is 0 Å². The molecule has 3 aromatic rings. The number of nitrogens with zero attached hydrogens (tertiary/aromatic N) is 1. The summed E-state index contributed by atoms with van der Waals surface area (Å²) in [4.78, 5) is 4.78. The number of hydrogen-bond donors (Lipinski definition) is 0. The molecule has 1 aromatic heterocycles. The van der Waals surface area contributed by atoms with Crippen molar-refractivity contribution in [2.45, 2.75) is 9.79 Å². The van der Waals surface area contributed by atoms with Crippen molar-refractivity contribution in [1.29, 1.82) is 0 Å². The van der Waals surface area contributed by atoms with Crippen LogP contribution < -0.4 is 0 Å². The third-order valence-corrected chi connectivity index (χ3v) is 4.78. The van der Waals surface area contributed by atoms with E-state index in [0.29, 0.717) is 20.7 Å². The van der Waals surface area contributed by atoms with Gasteiger partial charge in [0.15, 0.2) is 0 Å². The predicted molar refractivity (Wildman–Crippen MR) is 73.6 cm³/mol. The lowest BCUT2D eigenvalue weighted by atomic mass is 10.2. The second-order valence-electron chi connectivity index (χ2n) is 4.14. The van der Waals surface area contributed by atoms with Crippen LogP contribution in [0.1, 0.15) is 0 Å². The summed E-state index contributed by atoms with van der Waals surface area (Å²) in [6.07, 6.45) is 1.53. The molecule has 4 heteroatoms. The van der Waals surface area contributed by atoms with Crippen LogP contribution in [0.4, 0.5) is 0 Å². The Labute approximate surface area is 111 Å². The molecule has 0 bridgehead atoms. The van der Waals surface area contributed by atoms with Crippen molar-refractivity contribution in [3.63, 3.8) is 0 Å². The highest BCUT2D eigenvalue weighted by Gasteiger charge is 2.19. The fourth-order valence-electron chi connectivity index (χ4n) is 2.03. The SMILES string of the molecule is O=S(=O)(c1ccccc1)c1ccnc2ccccc12. The van der Waals surface area contributed by atoms with Gasteiger partial charge in [-0.15, -0.1) is 0 Å². The molecule has 0 amide bonds. The minimum absolute atomic E-state index is 0.296. The molecule has 3 rings (SSSR count). The van der Waals surface area contributed by atoms with Gasteiger partial charge in [-0.2, -0.15) is 0 Å². The van der Waals surface area contributed by atoms with E-state index in [9.17, 15) is 8.42 Å². The Balaban J connectivity index is 2.31. The first-order chi connectivity index (χ1) is 9.19. The molecule has 0 atom stereocenters. The van der Waals surface area contributed by atoms with Crippen LogP contribution in [0, 0.1) is 0 Å². The average molecular weight is 269 g/mol. The zero-order chi connectivity index (χ0) is 13.3. The first kappa shape index (κ1) is 11.9. The van der Waals surface area contributed by atoms with Crippen molar-refractivity contribution in [3.05, 3.63) is 66.9 Å². The van der Waals surface area contributed by atoms with Crippen LogP contribution in [-0.4, -0.2) is 13.4 Å². The molecule has 0 saturated carbocycles. The van der Waals surface area contributed by atoms with Crippen molar-refractivity contribution in [2.24, 2.45) is 0 Å². The summed E-state index contributed by atoms with van der Waals surface area (Å²) >= 11 is 0. The molecule has 3 nitrogen and oxygen atoms in total. The fourth-order valence-corrected chi connectivity index (χ4v) is 3.50. The Morgan fingerprint density at radius 1 is 0.789 bits per heavy atom. The lowest BCUT2D eigenvalue weighted by Gasteiger charge is -2.07. The summed E-state index contributed by atoms with van der Waals surface area (Å²) in [5.41, 5.74) is 0.680. The van der Waals surface area contributed by atoms with Crippen molar-refractivity contribution in [2.75, 3.05) is 0 Å². The van der Waals surface area contributed by atoms with Crippen molar-refractivity contribution in [3.8, 4) is 0 Å². The molecular formula is C15H11NO2S. The highest BCUT2D eigenvalue weighted by Crippen LogP contribution is 2.26. The van der Waals surface area contributed by atoms with Gasteiger partial charge < -0.3 is 0 Å². The third kappa shape index (κ3) is 2.00. The van der Waals surface area contributed by atoms with Crippen molar-refractivity contribution in [1.82, 2.24) is 4.98 Å². The number of fused-ring (bicyclic) bond motifs is 1. The van der Waals surface area contributed by atoms with E-state index < -0.39 is 9.84 Å². The number of aromatic nitrogens is 1. The number of hydrogen-bond acceptors (Lipinski definition) is 3. The summed E-state index contributed by atoms with van der Waals surface area (Å²) in [5.74, 6) is 0. The molecule has 0 aliphatic rings. The van der Waals surface area contributed by atoms with Crippen molar-refractivity contribution >= 4 is 20.7 Å². The molecule has 0 radical (unpaired) electrons. The van der Waals surface area contributed by atoms with E-state index in [0.717, 1.165) is 0 Å². The van der Waals surface area contributed by atoms with Crippen LogP contribution in [0.2, 0.25) is 0 Å². The second-order valence-corrected chi connectivity index (χ2v) is 6.06. The van der Waals surface area contributed by atoms with Gasteiger partial charge in [0, 0.05) is 11.6 Å². The maximum atomic E-state index is 12.6. The number of benzene rings is 2. The van der Waals surface area contributed by atoms with Gasteiger partial charge in [0.2, 0.25) is 9.84 Å². The maximum absolute atomic E-state index is 12.6. The molecule has 0 fully saturated rings. The Morgan fingerprint density at radius 2 is 1.47 bits per heavy atom. The standard InChI is InChI=1S/C15H11NO2S/c17-19(18,12-6-2-1-3-7-12)15-10-11-16-14-9-5-4-8-13(14)15/h1-11H. The molecular weight excluding hydrogens is 258 g/mol. The minimum atomic E-state index is -3.51. The molecule has 0 unspecified atom stereocenters. The van der Waals surface area contributed by atoms with Crippen LogP contribution in [0.15, 0.2) is 76.7 Å². The minimum Gasteiger partial charge on any atom is -0.256 e. The third-order valence-electron chi connectivity index (χ3n) is 2.95. The van der Waals surface area contributed by atoms with Crippen LogP contribution in [0.5, 0.6) is 0 Å². The predicted octanol–water partition coefficient (Wildman–Crippen LogP) is 3.07. The number of rotatable bonds is 2. The smallest absolute Gasteiger partial charge is 0.207 e. The molecule has 0 aliphatic heterocycles. The van der Waals surface area contributed by atoms with Crippen LogP contribution in [0.25, 0.3) is 10.9 Å². The Hall–Kier alpha value is -2.20. The largest absolute Gasteiger partial charge is 0.256 e. The molecule has 1 heterocycles. The quantitative estimate of drug-likeness (QED) is 0.718. The molecule has 19 heavy (non-hydrogen) atoms. The van der Waals surface area contributed by atoms with Gasteiger partial charge in [-0.1, -0.05) is 36.4 Å². The van der Waals surface area contributed by atoms with Gasteiger partial charge in [-0.3, -0.25) is 4.98 Å². The zero-order valence-corrected chi connectivity index (χ0v) is 10.8. The lowest BCUT2D eigenvalue weighted by Crippen LogP contribution is -2.03. The summed E-state index contributed by atoms with van der Waals surface area (Å²) in [6.45, 7) is 0. The first-order valence-corrected chi connectivity index (χ1v) is 7.32. The van der Waals surface area contributed by atoms with Crippen LogP contribution in [-0.2, 0) is 9.84 Å². The molecule has 94 valence electrons. The van der Waals surface area contributed by atoms with Gasteiger partial charge >= 0.3 is 0 Å². The Morgan fingerprint density at radius 3 is 2.26 bits per heavy atom. The van der Waals surface area contributed by atoms with E-state index >= 15 is 0 Å². The van der Waals surface area contributed by atoms with Crippen LogP contribution >= 0.6 is 0 Å². The number of para-hydroxylation sites is 1. The summed E-state index contributed by atoms with van der Waals surface area (Å²) in [5, 5.41) is 0.647. The van der Waals surface area contributed by atoms with Crippen molar-refractivity contribution < 1.29 is 8.42 Å². The Bertz CT molecular complexity index is 822. The van der Waals surface area contributed by atoms with E-state index in [1.807, 2.05) is 12.1 Å². The highest BCUT2D eigenvalue weighted by atomic mass is 32.2. The topological polar surface area (TPSA) is 47.0 Å². The molecule has 0 N–H and O–H groups in total. The number of pyridine rings is 1. The summed E-state index contributed by atoms with van der Waals surface area (Å²) in [6, 6.07) is 17.2.